The van der Waals surface area contributed by atoms with Gasteiger partial charge in [0.25, 0.3) is 0 Å². The van der Waals surface area contributed by atoms with Gasteiger partial charge in [-0.15, -0.1) is 0 Å². The molecule has 2 heterocycles. The summed E-state index contributed by atoms with van der Waals surface area (Å²) in [6, 6.07) is 14.5. The molecule has 1 aliphatic heterocycles. The zero-order valence-electron chi connectivity index (χ0n) is 14.0. The lowest BCUT2D eigenvalue weighted by Gasteiger charge is -2.39. The molecular formula is C19H23N3O. The lowest BCUT2D eigenvalue weighted by atomic mass is 10.1. The van der Waals surface area contributed by atoms with E-state index in [4.69, 9.17) is 0 Å². The second kappa shape index (κ2) is 6.50. The second-order valence-electron chi connectivity index (χ2n) is 6.36. The highest BCUT2D eigenvalue weighted by Crippen LogP contribution is 2.21. The molecule has 1 aliphatic rings. The van der Waals surface area contributed by atoms with Gasteiger partial charge < -0.3 is 4.90 Å². The van der Waals surface area contributed by atoms with Gasteiger partial charge in [0, 0.05) is 30.5 Å². The van der Waals surface area contributed by atoms with Gasteiger partial charge in [0.1, 0.15) is 0 Å². The van der Waals surface area contributed by atoms with Gasteiger partial charge in [-0.1, -0.05) is 23.8 Å². The van der Waals surface area contributed by atoms with Crippen LogP contribution in [-0.4, -0.2) is 34.9 Å². The minimum atomic E-state index is 0.152. The number of carbonyl (C=O) groups is 1. The number of piperazine rings is 1. The number of aryl methyl sites for hydroxylation is 2. The molecule has 0 unspecified atom stereocenters. The predicted molar refractivity (Wildman–Crippen MR) is 92.4 cm³/mol. The zero-order chi connectivity index (χ0) is 16.4. The van der Waals surface area contributed by atoms with Crippen LogP contribution in [0.5, 0.6) is 0 Å². The number of nitrogens with zero attached hydrogens (tertiary/aromatic N) is 3. The van der Waals surface area contributed by atoms with Crippen molar-refractivity contribution < 1.29 is 4.79 Å². The first-order valence-corrected chi connectivity index (χ1v) is 8.06. The first kappa shape index (κ1) is 15.7. The number of hydrogen-bond acceptors (Lipinski definition) is 3. The molecule has 1 amide bonds. The first-order valence-electron chi connectivity index (χ1n) is 8.06. The summed E-state index contributed by atoms with van der Waals surface area (Å²) < 4.78 is 0. The summed E-state index contributed by atoms with van der Waals surface area (Å²) in [5.41, 5.74) is 4.23. The summed E-state index contributed by atoms with van der Waals surface area (Å²) in [7, 11) is 0. The van der Waals surface area contributed by atoms with Crippen molar-refractivity contribution in [1.29, 1.82) is 0 Å². The molecule has 0 radical (unpaired) electrons. The van der Waals surface area contributed by atoms with Crippen molar-refractivity contribution in [2.75, 3.05) is 18.0 Å². The lowest BCUT2D eigenvalue weighted by Crippen LogP contribution is -2.54. The van der Waals surface area contributed by atoms with Crippen LogP contribution in [-0.2, 0) is 11.3 Å². The van der Waals surface area contributed by atoms with Gasteiger partial charge in [0.05, 0.1) is 12.2 Å². The highest BCUT2D eigenvalue weighted by atomic mass is 16.2. The molecule has 2 aromatic rings. The van der Waals surface area contributed by atoms with Gasteiger partial charge in [-0.3, -0.25) is 14.7 Å². The van der Waals surface area contributed by atoms with E-state index < -0.39 is 0 Å². The van der Waals surface area contributed by atoms with Gasteiger partial charge in [0.15, 0.2) is 0 Å². The van der Waals surface area contributed by atoms with E-state index in [0.29, 0.717) is 19.1 Å². The third kappa shape index (κ3) is 3.59. The molecule has 0 saturated carbocycles. The SMILES string of the molecule is Cc1ccc(N2C[C@@H](C)N(Cc3cccc(C)n3)CC2=O)cc1. The minimum absolute atomic E-state index is 0.152. The first-order chi connectivity index (χ1) is 11.0. The summed E-state index contributed by atoms with van der Waals surface area (Å²) in [5.74, 6) is 0.152. The Morgan fingerprint density at radius 2 is 1.87 bits per heavy atom. The van der Waals surface area contributed by atoms with Crippen molar-refractivity contribution in [2.24, 2.45) is 0 Å². The third-order valence-corrected chi connectivity index (χ3v) is 4.37. The normalized spacial score (nSPS) is 19.2. The Balaban J connectivity index is 1.71. The van der Waals surface area contributed by atoms with Crippen molar-refractivity contribution in [3.8, 4) is 0 Å². The molecule has 1 saturated heterocycles. The van der Waals surface area contributed by atoms with Crippen molar-refractivity contribution in [3.63, 3.8) is 0 Å². The number of aromatic nitrogens is 1. The van der Waals surface area contributed by atoms with Gasteiger partial charge in [-0.2, -0.15) is 0 Å². The highest BCUT2D eigenvalue weighted by Gasteiger charge is 2.30. The maximum atomic E-state index is 12.6. The molecular weight excluding hydrogens is 286 g/mol. The number of amides is 1. The number of anilines is 1. The van der Waals surface area contributed by atoms with Crippen LogP contribution >= 0.6 is 0 Å². The van der Waals surface area contributed by atoms with E-state index in [1.807, 2.05) is 42.2 Å². The smallest absolute Gasteiger partial charge is 0.241 e. The van der Waals surface area contributed by atoms with Crippen LogP contribution in [0.15, 0.2) is 42.5 Å². The molecule has 1 atom stereocenters. The van der Waals surface area contributed by atoms with Crippen LogP contribution in [0.4, 0.5) is 5.69 Å². The standard InChI is InChI=1S/C19H23N3O/c1-14-7-9-18(10-8-14)22-11-16(3)21(13-19(22)23)12-17-6-4-5-15(2)20-17/h4-10,16H,11-13H2,1-3H3/t16-/m1/s1. The molecule has 1 aromatic heterocycles. The molecule has 1 fully saturated rings. The molecule has 4 nitrogen and oxygen atoms in total. The summed E-state index contributed by atoms with van der Waals surface area (Å²) in [6.45, 7) is 8.09. The third-order valence-electron chi connectivity index (χ3n) is 4.37. The van der Waals surface area contributed by atoms with E-state index >= 15 is 0 Å². The molecule has 0 spiro atoms. The maximum Gasteiger partial charge on any atom is 0.241 e. The molecule has 23 heavy (non-hydrogen) atoms. The lowest BCUT2D eigenvalue weighted by molar-refractivity contribution is -0.122. The van der Waals surface area contributed by atoms with Gasteiger partial charge in [-0.05, 0) is 45.0 Å². The Hall–Kier alpha value is -2.20. The Morgan fingerprint density at radius 1 is 1.13 bits per heavy atom. The molecule has 4 heteroatoms. The number of hydrogen-bond donors (Lipinski definition) is 0. The van der Waals surface area contributed by atoms with E-state index in [1.165, 1.54) is 5.56 Å². The summed E-state index contributed by atoms with van der Waals surface area (Å²) in [6.07, 6.45) is 0. The molecule has 0 N–H and O–H groups in total. The van der Waals surface area contributed by atoms with Crippen LogP contribution in [0.25, 0.3) is 0 Å². The van der Waals surface area contributed by atoms with E-state index in [9.17, 15) is 4.79 Å². The van der Waals surface area contributed by atoms with Crippen molar-refractivity contribution in [1.82, 2.24) is 9.88 Å². The fourth-order valence-electron chi connectivity index (χ4n) is 2.98. The van der Waals surface area contributed by atoms with Crippen LogP contribution in [0, 0.1) is 13.8 Å². The van der Waals surface area contributed by atoms with E-state index in [2.05, 4.69) is 35.9 Å². The Morgan fingerprint density at radius 3 is 2.57 bits per heavy atom. The molecule has 3 rings (SSSR count). The van der Waals surface area contributed by atoms with Crippen molar-refractivity contribution in [3.05, 3.63) is 59.4 Å². The fourth-order valence-corrected chi connectivity index (χ4v) is 2.98. The van der Waals surface area contributed by atoms with Crippen LogP contribution in [0.2, 0.25) is 0 Å². The minimum Gasteiger partial charge on any atom is -0.310 e. The quantitative estimate of drug-likeness (QED) is 0.874. The molecule has 0 aliphatic carbocycles. The fraction of sp³-hybridized carbons (Fsp3) is 0.368. The Labute approximate surface area is 137 Å². The average Bonchev–Trinajstić information content (AvgIpc) is 2.52. The average molecular weight is 309 g/mol. The van der Waals surface area contributed by atoms with Crippen LogP contribution < -0.4 is 4.90 Å². The van der Waals surface area contributed by atoms with Gasteiger partial charge >= 0.3 is 0 Å². The topological polar surface area (TPSA) is 36.4 Å². The largest absolute Gasteiger partial charge is 0.310 e. The number of carbonyl (C=O) groups excluding carboxylic acids is 1. The monoisotopic (exact) mass is 309 g/mol. The van der Waals surface area contributed by atoms with Crippen LogP contribution in [0.1, 0.15) is 23.9 Å². The Kier molecular flexibility index (Phi) is 4.44. The summed E-state index contributed by atoms with van der Waals surface area (Å²) in [5, 5.41) is 0. The zero-order valence-corrected chi connectivity index (χ0v) is 14.0. The second-order valence-corrected chi connectivity index (χ2v) is 6.36. The predicted octanol–water partition coefficient (Wildman–Crippen LogP) is 2.94. The van der Waals surface area contributed by atoms with Crippen LogP contribution in [0.3, 0.4) is 0 Å². The van der Waals surface area contributed by atoms with Crippen molar-refractivity contribution >= 4 is 11.6 Å². The van der Waals surface area contributed by atoms with E-state index in [-0.39, 0.29) is 5.91 Å². The highest BCUT2D eigenvalue weighted by molar-refractivity contribution is 5.95. The number of pyridine rings is 1. The van der Waals surface area contributed by atoms with E-state index in [0.717, 1.165) is 23.6 Å². The summed E-state index contributed by atoms with van der Waals surface area (Å²) >= 11 is 0. The molecule has 1 aromatic carbocycles. The Bertz CT molecular complexity index is 696. The van der Waals surface area contributed by atoms with Crippen molar-refractivity contribution in [2.45, 2.75) is 33.4 Å². The molecule has 0 bridgehead atoms. The van der Waals surface area contributed by atoms with E-state index in [1.54, 1.807) is 0 Å². The number of rotatable bonds is 3. The molecule has 120 valence electrons. The number of benzene rings is 1. The van der Waals surface area contributed by atoms with Gasteiger partial charge in [0.2, 0.25) is 5.91 Å². The maximum absolute atomic E-state index is 12.6. The van der Waals surface area contributed by atoms with Gasteiger partial charge in [-0.25, -0.2) is 0 Å². The summed E-state index contributed by atoms with van der Waals surface area (Å²) in [4.78, 5) is 21.2.